The van der Waals surface area contributed by atoms with Crippen LogP contribution in [0.5, 0.6) is 5.75 Å². The summed E-state index contributed by atoms with van der Waals surface area (Å²) in [7, 11) is 0. The normalized spacial score (nSPS) is 10.7. The Morgan fingerprint density at radius 1 is 1.00 bits per heavy atom. The smallest absolute Gasteiger partial charge is 0.179 e. The van der Waals surface area contributed by atoms with E-state index < -0.39 is 0 Å². The van der Waals surface area contributed by atoms with Gasteiger partial charge in [-0.15, -0.1) is 0 Å². The zero-order valence-electron chi connectivity index (χ0n) is 10.1. The van der Waals surface area contributed by atoms with Gasteiger partial charge in [0, 0.05) is 5.69 Å². The summed E-state index contributed by atoms with van der Waals surface area (Å²) in [5.74, 6) is 1.89. The van der Waals surface area contributed by atoms with Gasteiger partial charge in [0.05, 0.1) is 5.52 Å². The van der Waals surface area contributed by atoms with E-state index in [0.29, 0.717) is 29.6 Å². The molecule has 0 saturated heterocycles. The maximum Gasteiger partial charge on any atom is 0.179 e. The number of hydrogen-bond donors (Lipinski definition) is 3. The lowest BCUT2D eigenvalue weighted by molar-refractivity contribution is 0.297. The first kappa shape index (κ1) is 11.3. The highest BCUT2D eigenvalue weighted by Gasteiger charge is 2.05. The monoisotopic (exact) mass is 255 g/mol. The Morgan fingerprint density at radius 3 is 2.58 bits per heavy atom. The van der Waals surface area contributed by atoms with Gasteiger partial charge in [0.1, 0.15) is 24.0 Å². The van der Waals surface area contributed by atoms with E-state index in [1.165, 1.54) is 0 Å². The number of pyridine rings is 1. The van der Waals surface area contributed by atoms with E-state index in [0.717, 1.165) is 11.3 Å². The fraction of sp³-hybridized carbons (Fsp3) is 0.0769. The molecule has 0 aliphatic rings. The molecule has 6 nitrogen and oxygen atoms in total. The SMILES string of the molecule is Nc1ccc(OCc2nc3nc(N)ccc3[nH]2)cc1. The second kappa shape index (κ2) is 4.49. The molecule has 2 aromatic heterocycles. The molecule has 5 N–H and O–H groups in total. The van der Waals surface area contributed by atoms with Crippen LogP contribution in [0.3, 0.4) is 0 Å². The van der Waals surface area contributed by atoms with E-state index >= 15 is 0 Å². The quantitative estimate of drug-likeness (QED) is 0.618. The van der Waals surface area contributed by atoms with E-state index in [2.05, 4.69) is 15.0 Å². The minimum Gasteiger partial charge on any atom is -0.486 e. The number of anilines is 2. The molecule has 0 saturated carbocycles. The highest BCUT2D eigenvalue weighted by molar-refractivity contribution is 5.72. The Bertz CT molecular complexity index is 705. The Morgan fingerprint density at radius 2 is 1.79 bits per heavy atom. The summed E-state index contributed by atoms with van der Waals surface area (Å²) in [5, 5.41) is 0. The van der Waals surface area contributed by atoms with Crippen LogP contribution < -0.4 is 16.2 Å². The number of benzene rings is 1. The number of nitrogens with two attached hydrogens (primary N) is 2. The van der Waals surface area contributed by atoms with Crippen molar-refractivity contribution in [3.8, 4) is 5.75 Å². The van der Waals surface area contributed by atoms with Crippen LogP contribution in [0.15, 0.2) is 36.4 Å². The number of hydrogen-bond acceptors (Lipinski definition) is 5. The molecular formula is C13H13N5O. The van der Waals surface area contributed by atoms with Crippen LogP contribution in [-0.4, -0.2) is 15.0 Å². The van der Waals surface area contributed by atoms with Crippen molar-refractivity contribution in [3.63, 3.8) is 0 Å². The zero-order chi connectivity index (χ0) is 13.2. The molecule has 0 fully saturated rings. The van der Waals surface area contributed by atoms with Crippen LogP contribution >= 0.6 is 0 Å². The number of rotatable bonds is 3. The fourth-order valence-corrected chi connectivity index (χ4v) is 1.74. The summed E-state index contributed by atoms with van der Waals surface area (Å²) in [5.41, 5.74) is 13.3. The van der Waals surface area contributed by atoms with E-state index in [-0.39, 0.29) is 0 Å². The fourth-order valence-electron chi connectivity index (χ4n) is 1.74. The second-order valence-corrected chi connectivity index (χ2v) is 4.15. The van der Waals surface area contributed by atoms with Gasteiger partial charge in [0.2, 0.25) is 0 Å². The number of imidazole rings is 1. The minimum atomic E-state index is 0.334. The van der Waals surface area contributed by atoms with E-state index in [1.807, 2.05) is 18.2 Å². The summed E-state index contributed by atoms with van der Waals surface area (Å²) in [6.45, 7) is 0.334. The topological polar surface area (TPSA) is 103 Å². The van der Waals surface area contributed by atoms with Gasteiger partial charge in [-0.1, -0.05) is 0 Å². The maximum atomic E-state index is 5.60. The van der Waals surface area contributed by atoms with Crippen molar-refractivity contribution < 1.29 is 4.74 Å². The third kappa shape index (κ3) is 2.42. The lowest BCUT2D eigenvalue weighted by Crippen LogP contribution is -1.97. The van der Waals surface area contributed by atoms with Crippen LogP contribution in [0, 0.1) is 0 Å². The average Bonchev–Trinajstić information content (AvgIpc) is 2.80. The molecule has 6 heteroatoms. The molecule has 3 rings (SSSR count). The molecule has 0 unspecified atom stereocenters. The Kier molecular flexibility index (Phi) is 2.68. The van der Waals surface area contributed by atoms with Crippen molar-refractivity contribution >= 4 is 22.7 Å². The lowest BCUT2D eigenvalue weighted by atomic mass is 10.3. The zero-order valence-corrected chi connectivity index (χ0v) is 10.1. The predicted octanol–water partition coefficient (Wildman–Crippen LogP) is 1.70. The van der Waals surface area contributed by atoms with Crippen LogP contribution in [0.1, 0.15) is 5.82 Å². The third-order valence-corrected chi connectivity index (χ3v) is 2.67. The van der Waals surface area contributed by atoms with Crippen LogP contribution in [0.25, 0.3) is 11.2 Å². The van der Waals surface area contributed by atoms with Crippen LogP contribution in [0.4, 0.5) is 11.5 Å². The molecule has 0 bridgehead atoms. The van der Waals surface area contributed by atoms with E-state index in [9.17, 15) is 0 Å². The Hall–Kier alpha value is -2.76. The number of aromatic amines is 1. The van der Waals surface area contributed by atoms with Crippen molar-refractivity contribution in [2.75, 3.05) is 11.5 Å². The number of nitrogens with one attached hydrogen (secondary N) is 1. The first-order chi connectivity index (χ1) is 9.20. The summed E-state index contributed by atoms with van der Waals surface area (Å²) in [4.78, 5) is 11.6. The molecule has 96 valence electrons. The van der Waals surface area contributed by atoms with Crippen LogP contribution in [0.2, 0.25) is 0 Å². The van der Waals surface area contributed by atoms with E-state index in [1.54, 1.807) is 18.2 Å². The van der Waals surface area contributed by atoms with Crippen molar-refractivity contribution in [3.05, 3.63) is 42.2 Å². The molecule has 2 heterocycles. The highest BCUT2D eigenvalue weighted by Crippen LogP contribution is 2.16. The first-order valence-corrected chi connectivity index (χ1v) is 5.80. The summed E-state index contributed by atoms with van der Waals surface area (Å²) in [6, 6.07) is 10.8. The number of fused-ring (bicyclic) bond motifs is 1. The molecule has 0 aliphatic heterocycles. The van der Waals surface area contributed by atoms with Gasteiger partial charge >= 0.3 is 0 Å². The van der Waals surface area contributed by atoms with Crippen molar-refractivity contribution in [1.82, 2.24) is 15.0 Å². The van der Waals surface area contributed by atoms with Gasteiger partial charge in [-0.25, -0.2) is 9.97 Å². The molecule has 0 amide bonds. The van der Waals surface area contributed by atoms with Crippen molar-refractivity contribution in [2.45, 2.75) is 6.61 Å². The third-order valence-electron chi connectivity index (χ3n) is 2.67. The minimum absolute atomic E-state index is 0.334. The number of aromatic nitrogens is 3. The largest absolute Gasteiger partial charge is 0.486 e. The van der Waals surface area contributed by atoms with Crippen molar-refractivity contribution in [1.29, 1.82) is 0 Å². The molecular weight excluding hydrogens is 242 g/mol. The van der Waals surface area contributed by atoms with Crippen molar-refractivity contribution in [2.24, 2.45) is 0 Å². The summed E-state index contributed by atoms with van der Waals surface area (Å²) >= 11 is 0. The number of nitrogen functional groups attached to an aromatic ring is 2. The maximum absolute atomic E-state index is 5.60. The molecule has 0 radical (unpaired) electrons. The molecule has 0 spiro atoms. The van der Waals surface area contributed by atoms with Gasteiger partial charge in [0.25, 0.3) is 0 Å². The first-order valence-electron chi connectivity index (χ1n) is 5.80. The predicted molar refractivity (Wildman–Crippen MR) is 73.5 cm³/mol. The number of nitrogens with zero attached hydrogens (tertiary/aromatic N) is 2. The summed E-state index contributed by atoms with van der Waals surface area (Å²) < 4.78 is 5.60. The highest BCUT2D eigenvalue weighted by atomic mass is 16.5. The molecule has 0 atom stereocenters. The van der Waals surface area contributed by atoms with Gasteiger partial charge in [-0.05, 0) is 36.4 Å². The summed E-state index contributed by atoms with van der Waals surface area (Å²) in [6.07, 6.45) is 0. The van der Waals surface area contributed by atoms with Gasteiger partial charge in [-0.2, -0.15) is 0 Å². The Balaban J connectivity index is 1.76. The standard InChI is InChI=1S/C13H13N5O/c14-8-1-3-9(4-2-8)19-7-12-16-10-5-6-11(15)17-13(10)18-12/h1-6H,7,14H2,(H3,15,16,17,18). The molecule has 1 aromatic carbocycles. The van der Waals surface area contributed by atoms with Gasteiger partial charge in [0.15, 0.2) is 5.65 Å². The van der Waals surface area contributed by atoms with Gasteiger partial charge < -0.3 is 21.2 Å². The molecule has 19 heavy (non-hydrogen) atoms. The molecule has 3 aromatic rings. The van der Waals surface area contributed by atoms with Crippen LogP contribution in [-0.2, 0) is 6.61 Å². The Labute approximate surface area is 109 Å². The van der Waals surface area contributed by atoms with E-state index in [4.69, 9.17) is 16.2 Å². The van der Waals surface area contributed by atoms with Gasteiger partial charge in [-0.3, -0.25) is 0 Å². The number of H-pyrrole nitrogens is 1. The second-order valence-electron chi connectivity index (χ2n) is 4.15. The average molecular weight is 255 g/mol. The lowest BCUT2D eigenvalue weighted by Gasteiger charge is -2.03. The number of ether oxygens (including phenoxy) is 1. The molecule has 0 aliphatic carbocycles.